The lowest BCUT2D eigenvalue weighted by Crippen LogP contribution is -2.11. The number of fused-ring (bicyclic) bond motifs is 1. The van der Waals surface area contributed by atoms with Crippen LogP contribution in [0.25, 0.3) is 5.65 Å². The van der Waals surface area contributed by atoms with Crippen LogP contribution in [0.1, 0.15) is 20.8 Å². The van der Waals surface area contributed by atoms with Crippen molar-refractivity contribution in [3.05, 3.63) is 35.8 Å². The Bertz CT molecular complexity index is 546. The van der Waals surface area contributed by atoms with Crippen LogP contribution in [0, 0.1) is 0 Å². The van der Waals surface area contributed by atoms with Gasteiger partial charge in [-0.05, 0) is 12.1 Å². The van der Waals surface area contributed by atoms with Gasteiger partial charge in [0.2, 0.25) is 5.91 Å². The summed E-state index contributed by atoms with van der Waals surface area (Å²) >= 11 is 0. The van der Waals surface area contributed by atoms with Gasteiger partial charge in [0.05, 0.1) is 5.56 Å². The molecular formula is C9H8N4O2. The van der Waals surface area contributed by atoms with Crippen molar-refractivity contribution < 1.29 is 9.59 Å². The lowest BCUT2D eigenvalue weighted by Gasteiger charge is -1.95. The van der Waals surface area contributed by atoms with E-state index in [2.05, 4.69) is 4.98 Å². The fourth-order valence-electron chi connectivity index (χ4n) is 1.26. The lowest BCUT2D eigenvalue weighted by atomic mass is 10.3. The van der Waals surface area contributed by atoms with E-state index in [9.17, 15) is 9.59 Å². The Morgan fingerprint density at radius 1 is 1.13 bits per heavy atom. The molecule has 0 saturated heterocycles. The summed E-state index contributed by atoms with van der Waals surface area (Å²) in [7, 11) is 0. The SMILES string of the molecule is NC(=O)c1ccc2nc(C(N)=O)cn2c1. The third kappa shape index (κ3) is 1.52. The van der Waals surface area contributed by atoms with Gasteiger partial charge in [-0.15, -0.1) is 0 Å². The second-order valence-corrected chi connectivity index (χ2v) is 3.04. The van der Waals surface area contributed by atoms with Crippen molar-refractivity contribution in [3.63, 3.8) is 0 Å². The minimum absolute atomic E-state index is 0.150. The van der Waals surface area contributed by atoms with Crippen LogP contribution in [0.4, 0.5) is 0 Å². The summed E-state index contributed by atoms with van der Waals surface area (Å²) < 4.78 is 1.53. The Balaban J connectivity index is 2.62. The molecule has 6 heteroatoms. The Morgan fingerprint density at radius 3 is 2.47 bits per heavy atom. The number of amides is 2. The number of nitrogens with zero attached hydrogens (tertiary/aromatic N) is 2. The Labute approximate surface area is 84.5 Å². The number of hydrogen-bond donors (Lipinski definition) is 2. The molecule has 2 aromatic heterocycles. The van der Waals surface area contributed by atoms with Crippen LogP contribution in [-0.2, 0) is 0 Å². The first-order chi connectivity index (χ1) is 7.08. The highest BCUT2D eigenvalue weighted by Crippen LogP contribution is 2.07. The second kappa shape index (κ2) is 3.09. The average Bonchev–Trinajstić information content (AvgIpc) is 2.59. The number of imidazole rings is 1. The first kappa shape index (κ1) is 9.20. The van der Waals surface area contributed by atoms with E-state index in [1.807, 2.05) is 0 Å². The number of pyridine rings is 1. The summed E-state index contributed by atoms with van der Waals surface area (Å²) in [5, 5.41) is 0. The number of hydrogen-bond acceptors (Lipinski definition) is 3. The first-order valence-corrected chi connectivity index (χ1v) is 4.16. The summed E-state index contributed by atoms with van der Waals surface area (Å²) in [5.74, 6) is -1.15. The van der Waals surface area contributed by atoms with E-state index in [1.165, 1.54) is 22.9 Å². The maximum Gasteiger partial charge on any atom is 0.268 e. The zero-order valence-corrected chi connectivity index (χ0v) is 7.68. The number of carbonyl (C=O) groups is 2. The van der Waals surface area contributed by atoms with Crippen LogP contribution in [-0.4, -0.2) is 21.2 Å². The molecule has 0 unspecified atom stereocenters. The predicted octanol–water partition coefficient (Wildman–Crippen LogP) is -0.468. The van der Waals surface area contributed by atoms with Gasteiger partial charge in [0.25, 0.3) is 5.91 Å². The van der Waals surface area contributed by atoms with Crippen LogP contribution in [0.15, 0.2) is 24.5 Å². The minimum atomic E-state index is -0.612. The number of primary amides is 2. The molecule has 2 rings (SSSR count). The molecule has 4 N–H and O–H groups in total. The molecule has 0 atom stereocenters. The maximum absolute atomic E-state index is 10.9. The molecule has 2 aromatic rings. The maximum atomic E-state index is 10.9. The molecule has 0 aliphatic rings. The average molecular weight is 204 g/mol. The fourth-order valence-corrected chi connectivity index (χ4v) is 1.26. The van der Waals surface area contributed by atoms with Crippen molar-refractivity contribution in [1.29, 1.82) is 0 Å². The van der Waals surface area contributed by atoms with Crippen molar-refractivity contribution in [2.75, 3.05) is 0 Å². The molecule has 0 aliphatic heterocycles. The number of carbonyl (C=O) groups excluding carboxylic acids is 2. The summed E-state index contributed by atoms with van der Waals surface area (Å²) in [6.45, 7) is 0. The zero-order valence-electron chi connectivity index (χ0n) is 7.68. The zero-order chi connectivity index (χ0) is 11.0. The monoisotopic (exact) mass is 204 g/mol. The van der Waals surface area contributed by atoms with Crippen LogP contribution in [0.5, 0.6) is 0 Å². The molecular weight excluding hydrogens is 196 g/mol. The van der Waals surface area contributed by atoms with E-state index in [1.54, 1.807) is 6.07 Å². The predicted molar refractivity (Wildman–Crippen MR) is 52.2 cm³/mol. The summed E-state index contributed by atoms with van der Waals surface area (Å²) in [5.41, 5.74) is 11.2. The molecule has 0 spiro atoms. The molecule has 0 fully saturated rings. The van der Waals surface area contributed by atoms with E-state index >= 15 is 0 Å². The van der Waals surface area contributed by atoms with Gasteiger partial charge in [-0.25, -0.2) is 4.98 Å². The van der Waals surface area contributed by atoms with Crippen molar-refractivity contribution in [3.8, 4) is 0 Å². The topological polar surface area (TPSA) is 103 Å². The molecule has 0 aromatic carbocycles. The van der Waals surface area contributed by atoms with Gasteiger partial charge in [0.15, 0.2) is 0 Å². The fraction of sp³-hybridized carbons (Fsp3) is 0. The molecule has 0 bridgehead atoms. The van der Waals surface area contributed by atoms with Crippen LogP contribution in [0.3, 0.4) is 0 Å². The van der Waals surface area contributed by atoms with Crippen molar-refractivity contribution >= 4 is 17.5 Å². The third-order valence-electron chi connectivity index (χ3n) is 1.99. The summed E-state index contributed by atoms with van der Waals surface area (Å²) in [4.78, 5) is 25.7. The summed E-state index contributed by atoms with van der Waals surface area (Å²) in [6, 6.07) is 3.13. The van der Waals surface area contributed by atoms with E-state index in [-0.39, 0.29) is 5.69 Å². The molecule has 0 aliphatic carbocycles. The highest BCUT2D eigenvalue weighted by Gasteiger charge is 2.08. The number of aromatic nitrogens is 2. The quantitative estimate of drug-likeness (QED) is 0.691. The Morgan fingerprint density at radius 2 is 1.87 bits per heavy atom. The van der Waals surface area contributed by atoms with Crippen LogP contribution in [0.2, 0.25) is 0 Å². The Kier molecular flexibility index (Phi) is 1.89. The largest absolute Gasteiger partial charge is 0.366 e. The normalized spacial score (nSPS) is 10.4. The highest BCUT2D eigenvalue weighted by atomic mass is 16.1. The van der Waals surface area contributed by atoms with Gasteiger partial charge in [0.1, 0.15) is 11.3 Å². The third-order valence-corrected chi connectivity index (χ3v) is 1.99. The van der Waals surface area contributed by atoms with E-state index < -0.39 is 11.8 Å². The van der Waals surface area contributed by atoms with E-state index in [4.69, 9.17) is 11.5 Å². The summed E-state index contributed by atoms with van der Waals surface area (Å²) in [6.07, 6.45) is 2.95. The van der Waals surface area contributed by atoms with Crippen molar-refractivity contribution in [2.45, 2.75) is 0 Å². The van der Waals surface area contributed by atoms with Crippen LogP contribution < -0.4 is 11.5 Å². The standard InChI is InChI=1S/C9H8N4O2/c10-8(14)5-1-2-7-12-6(9(11)15)4-13(7)3-5/h1-4H,(H2,10,14)(H2,11,15). The Hall–Kier alpha value is -2.37. The molecule has 0 saturated carbocycles. The van der Waals surface area contributed by atoms with Gasteiger partial charge in [-0.3, -0.25) is 9.59 Å². The van der Waals surface area contributed by atoms with Gasteiger partial charge in [-0.2, -0.15) is 0 Å². The van der Waals surface area contributed by atoms with E-state index in [0.29, 0.717) is 11.2 Å². The van der Waals surface area contributed by atoms with Crippen LogP contribution >= 0.6 is 0 Å². The molecule has 2 amide bonds. The molecule has 6 nitrogen and oxygen atoms in total. The lowest BCUT2D eigenvalue weighted by molar-refractivity contribution is 0.0990. The highest BCUT2D eigenvalue weighted by molar-refractivity contribution is 5.93. The molecule has 15 heavy (non-hydrogen) atoms. The molecule has 2 heterocycles. The number of rotatable bonds is 2. The smallest absolute Gasteiger partial charge is 0.268 e. The van der Waals surface area contributed by atoms with Gasteiger partial charge in [0, 0.05) is 12.4 Å². The van der Waals surface area contributed by atoms with Gasteiger partial charge in [-0.1, -0.05) is 0 Å². The van der Waals surface area contributed by atoms with Gasteiger partial charge < -0.3 is 15.9 Å². The van der Waals surface area contributed by atoms with E-state index in [0.717, 1.165) is 0 Å². The van der Waals surface area contributed by atoms with Crippen molar-refractivity contribution in [1.82, 2.24) is 9.38 Å². The molecule has 76 valence electrons. The van der Waals surface area contributed by atoms with Gasteiger partial charge >= 0.3 is 0 Å². The first-order valence-electron chi connectivity index (χ1n) is 4.16. The number of nitrogens with two attached hydrogens (primary N) is 2. The van der Waals surface area contributed by atoms with Crippen molar-refractivity contribution in [2.24, 2.45) is 11.5 Å². The second-order valence-electron chi connectivity index (χ2n) is 3.04. The molecule has 0 radical (unpaired) electrons. The minimum Gasteiger partial charge on any atom is -0.366 e.